The van der Waals surface area contributed by atoms with E-state index in [9.17, 15) is 0 Å². The van der Waals surface area contributed by atoms with E-state index in [1.165, 1.54) is 0 Å². The minimum absolute atomic E-state index is 0.707. The lowest BCUT2D eigenvalue weighted by atomic mass is 10.1. The first-order chi connectivity index (χ1) is 8.79. The van der Waals surface area contributed by atoms with Gasteiger partial charge in [0.1, 0.15) is 5.82 Å². The number of nitriles is 1. The van der Waals surface area contributed by atoms with Crippen molar-refractivity contribution in [3.8, 4) is 6.07 Å². The SMILES string of the molecule is Cn1ccnc1CCNCc1cccc(C#N)c1. The summed E-state index contributed by atoms with van der Waals surface area (Å²) in [4.78, 5) is 4.27. The van der Waals surface area contributed by atoms with E-state index in [0.29, 0.717) is 5.56 Å². The van der Waals surface area contributed by atoms with Crippen molar-refractivity contribution in [1.82, 2.24) is 14.9 Å². The number of nitrogens with zero attached hydrogens (tertiary/aromatic N) is 3. The number of imidazole rings is 1. The van der Waals surface area contributed by atoms with Gasteiger partial charge < -0.3 is 9.88 Å². The van der Waals surface area contributed by atoms with Gasteiger partial charge in [-0.2, -0.15) is 5.26 Å². The fraction of sp³-hybridized carbons (Fsp3) is 0.286. The number of hydrogen-bond donors (Lipinski definition) is 1. The van der Waals surface area contributed by atoms with Crippen LogP contribution < -0.4 is 5.32 Å². The second kappa shape index (κ2) is 5.99. The maximum Gasteiger partial charge on any atom is 0.109 e. The van der Waals surface area contributed by atoms with Crippen molar-refractivity contribution < 1.29 is 0 Å². The van der Waals surface area contributed by atoms with E-state index in [0.717, 1.165) is 30.9 Å². The van der Waals surface area contributed by atoms with Gasteiger partial charge in [0.25, 0.3) is 0 Å². The molecule has 0 amide bonds. The van der Waals surface area contributed by atoms with Gasteiger partial charge in [0.15, 0.2) is 0 Å². The van der Waals surface area contributed by atoms with Crippen molar-refractivity contribution in [3.63, 3.8) is 0 Å². The quantitative estimate of drug-likeness (QED) is 0.808. The van der Waals surface area contributed by atoms with Crippen molar-refractivity contribution in [1.29, 1.82) is 5.26 Å². The lowest BCUT2D eigenvalue weighted by Crippen LogP contribution is -2.18. The lowest BCUT2D eigenvalue weighted by molar-refractivity contribution is 0.655. The largest absolute Gasteiger partial charge is 0.338 e. The molecule has 4 nitrogen and oxygen atoms in total. The molecule has 0 saturated heterocycles. The van der Waals surface area contributed by atoms with Crippen LogP contribution in [0.25, 0.3) is 0 Å². The molecular formula is C14H16N4. The Morgan fingerprint density at radius 1 is 1.44 bits per heavy atom. The molecule has 92 valence electrons. The third-order valence-electron chi connectivity index (χ3n) is 2.83. The molecule has 1 N–H and O–H groups in total. The van der Waals surface area contributed by atoms with Gasteiger partial charge in [-0.15, -0.1) is 0 Å². The van der Waals surface area contributed by atoms with Crippen LogP contribution in [0.5, 0.6) is 0 Å². The van der Waals surface area contributed by atoms with Gasteiger partial charge in [-0.05, 0) is 17.7 Å². The van der Waals surface area contributed by atoms with Crippen LogP contribution in [0, 0.1) is 11.3 Å². The van der Waals surface area contributed by atoms with Crippen LogP contribution in [0.2, 0.25) is 0 Å². The Bertz CT molecular complexity index is 551. The Labute approximate surface area is 107 Å². The second-order valence-electron chi connectivity index (χ2n) is 4.19. The van der Waals surface area contributed by atoms with E-state index in [2.05, 4.69) is 16.4 Å². The Hall–Kier alpha value is -2.12. The smallest absolute Gasteiger partial charge is 0.109 e. The number of nitrogens with one attached hydrogen (secondary N) is 1. The molecule has 0 fully saturated rings. The Balaban J connectivity index is 1.79. The summed E-state index contributed by atoms with van der Waals surface area (Å²) in [5, 5.41) is 12.2. The van der Waals surface area contributed by atoms with E-state index in [4.69, 9.17) is 5.26 Å². The van der Waals surface area contributed by atoms with Crippen LogP contribution in [0.4, 0.5) is 0 Å². The zero-order chi connectivity index (χ0) is 12.8. The van der Waals surface area contributed by atoms with E-state index in [1.807, 2.05) is 48.3 Å². The predicted molar refractivity (Wildman–Crippen MR) is 69.8 cm³/mol. The molecule has 0 spiro atoms. The summed E-state index contributed by atoms with van der Waals surface area (Å²) in [6.07, 6.45) is 4.67. The van der Waals surface area contributed by atoms with Crippen LogP contribution in [-0.4, -0.2) is 16.1 Å². The number of hydrogen-bond acceptors (Lipinski definition) is 3. The zero-order valence-electron chi connectivity index (χ0n) is 10.4. The molecule has 0 bridgehead atoms. The molecule has 0 aliphatic carbocycles. The summed E-state index contributed by atoms with van der Waals surface area (Å²) >= 11 is 0. The van der Waals surface area contributed by atoms with Gasteiger partial charge in [-0.1, -0.05) is 12.1 Å². The monoisotopic (exact) mass is 240 g/mol. The zero-order valence-corrected chi connectivity index (χ0v) is 10.4. The molecule has 4 heteroatoms. The van der Waals surface area contributed by atoms with Crippen LogP contribution in [0.3, 0.4) is 0 Å². The number of aryl methyl sites for hydroxylation is 1. The van der Waals surface area contributed by atoms with Crippen LogP contribution in [0.1, 0.15) is 17.0 Å². The Morgan fingerprint density at radius 2 is 2.33 bits per heavy atom. The third kappa shape index (κ3) is 3.19. The molecule has 1 heterocycles. The van der Waals surface area contributed by atoms with Gasteiger partial charge in [-0.25, -0.2) is 4.98 Å². The summed E-state index contributed by atoms with van der Waals surface area (Å²) < 4.78 is 2.03. The summed E-state index contributed by atoms with van der Waals surface area (Å²) in [6.45, 7) is 1.65. The highest BCUT2D eigenvalue weighted by Gasteiger charge is 1.99. The second-order valence-corrected chi connectivity index (χ2v) is 4.19. The first-order valence-corrected chi connectivity index (χ1v) is 5.95. The summed E-state index contributed by atoms with van der Waals surface area (Å²) in [5.41, 5.74) is 1.84. The third-order valence-corrected chi connectivity index (χ3v) is 2.83. The summed E-state index contributed by atoms with van der Waals surface area (Å²) in [6, 6.07) is 9.81. The minimum Gasteiger partial charge on any atom is -0.338 e. The minimum atomic E-state index is 0.707. The van der Waals surface area contributed by atoms with Gasteiger partial charge in [0.05, 0.1) is 11.6 Å². The lowest BCUT2D eigenvalue weighted by Gasteiger charge is -2.05. The summed E-state index contributed by atoms with van der Waals surface area (Å²) in [7, 11) is 2.00. The maximum absolute atomic E-state index is 8.81. The van der Waals surface area contributed by atoms with E-state index in [1.54, 1.807) is 0 Å². The molecule has 2 aromatic rings. The topological polar surface area (TPSA) is 53.6 Å². The number of aromatic nitrogens is 2. The molecule has 1 aromatic heterocycles. The average Bonchev–Trinajstić information content (AvgIpc) is 2.81. The van der Waals surface area contributed by atoms with Crippen molar-refractivity contribution >= 4 is 0 Å². The molecule has 0 atom stereocenters. The summed E-state index contributed by atoms with van der Waals surface area (Å²) in [5.74, 6) is 1.08. The standard InChI is InChI=1S/C14H16N4/c1-18-8-7-17-14(18)5-6-16-11-13-4-2-3-12(9-13)10-15/h2-4,7-9,16H,5-6,11H2,1H3. The van der Waals surface area contributed by atoms with Crippen molar-refractivity contribution in [2.24, 2.45) is 7.05 Å². The highest BCUT2D eigenvalue weighted by Crippen LogP contribution is 2.03. The molecule has 1 aromatic carbocycles. The van der Waals surface area contributed by atoms with Crippen LogP contribution >= 0.6 is 0 Å². The van der Waals surface area contributed by atoms with E-state index < -0.39 is 0 Å². The van der Waals surface area contributed by atoms with Gasteiger partial charge in [0.2, 0.25) is 0 Å². The molecule has 0 radical (unpaired) electrons. The van der Waals surface area contributed by atoms with Crippen molar-refractivity contribution in [2.45, 2.75) is 13.0 Å². The average molecular weight is 240 g/mol. The molecule has 0 aliphatic rings. The Morgan fingerprint density at radius 3 is 3.06 bits per heavy atom. The maximum atomic E-state index is 8.81. The molecule has 2 rings (SSSR count). The van der Waals surface area contributed by atoms with E-state index in [-0.39, 0.29) is 0 Å². The van der Waals surface area contributed by atoms with E-state index >= 15 is 0 Å². The predicted octanol–water partition coefficient (Wildman–Crippen LogP) is 1.62. The van der Waals surface area contributed by atoms with Gasteiger partial charge in [-0.3, -0.25) is 0 Å². The molecular weight excluding hydrogens is 224 g/mol. The first kappa shape index (κ1) is 12.3. The number of benzene rings is 1. The molecule has 0 saturated carbocycles. The molecule has 0 aliphatic heterocycles. The van der Waals surface area contributed by atoms with Crippen LogP contribution in [-0.2, 0) is 20.0 Å². The normalized spacial score (nSPS) is 10.2. The molecule has 18 heavy (non-hydrogen) atoms. The highest BCUT2D eigenvalue weighted by molar-refractivity contribution is 5.32. The Kier molecular flexibility index (Phi) is 4.11. The van der Waals surface area contributed by atoms with Crippen LogP contribution in [0.15, 0.2) is 36.7 Å². The highest BCUT2D eigenvalue weighted by atomic mass is 15.0. The first-order valence-electron chi connectivity index (χ1n) is 5.95. The number of rotatable bonds is 5. The van der Waals surface area contributed by atoms with Crippen molar-refractivity contribution in [2.75, 3.05) is 6.54 Å². The van der Waals surface area contributed by atoms with Gasteiger partial charge >= 0.3 is 0 Å². The fourth-order valence-corrected chi connectivity index (χ4v) is 1.82. The van der Waals surface area contributed by atoms with Gasteiger partial charge in [0, 0.05) is 39.0 Å². The molecule has 0 unspecified atom stereocenters. The van der Waals surface area contributed by atoms with Crippen molar-refractivity contribution in [3.05, 3.63) is 53.6 Å². The fourth-order valence-electron chi connectivity index (χ4n) is 1.82.